The molecular weight excluding hydrogens is 346 g/mol. The molecule has 0 fully saturated rings. The summed E-state index contributed by atoms with van der Waals surface area (Å²) in [7, 11) is 7.05. The van der Waals surface area contributed by atoms with Crippen LogP contribution >= 0.6 is 0 Å². The highest BCUT2D eigenvalue weighted by atomic mass is 16.5. The van der Waals surface area contributed by atoms with E-state index < -0.39 is 0 Å². The van der Waals surface area contributed by atoms with Crippen LogP contribution in [0.2, 0.25) is 0 Å². The maximum atomic E-state index is 13.0. The number of phenolic OH excluding ortho intramolecular Hbond substituents is 1. The number of quaternary nitrogens is 1. The van der Waals surface area contributed by atoms with Crippen molar-refractivity contribution in [3.8, 4) is 23.0 Å². The largest absolute Gasteiger partial charge is 0.507 e. The Morgan fingerprint density at radius 1 is 1.22 bits per heavy atom. The molecule has 3 rings (SSSR count). The quantitative estimate of drug-likeness (QED) is 0.788. The summed E-state index contributed by atoms with van der Waals surface area (Å²) in [5, 5.41) is 10.4. The number of rotatable bonds is 5. The summed E-state index contributed by atoms with van der Waals surface area (Å²) in [5.41, 5.74) is 2.49. The van der Waals surface area contributed by atoms with Crippen LogP contribution in [0.1, 0.15) is 27.0 Å². The van der Waals surface area contributed by atoms with Crippen molar-refractivity contribution >= 4 is 11.9 Å². The number of benzene rings is 2. The molecule has 27 heavy (non-hydrogen) atoms. The van der Waals surface area contributed by atoms with E-state index in [-0.39, 0.29) is 17.3 Å². The smallest absolute Gasteiger partial charge is 0.232 e. The van der Waals surface area contributed by atoms with Crippen LogP contribution in [0.3, 0.4) is 0 Å². The van der Waals surface area contributed by atoms with Crippen LogP contribution < -0.4 is 19.1 Å². The van der Waals surface area contributed by atoms with E-state index in [1.807, 2.05) is 26.2 Å². The Labute approximate surface area is 158 Å². The van der Waals surface area contributed by atoms with Gasteiger partial charge in [0.15, 0.2) is 23.0 Å². The van der Waals surface area contributed by atoms with Gasteiger partial charge in [0, 0.05) is 5.56 Å². The SMILES string of the molecule is COc1cccc(/C=C2\Oc3c(C[NH+](C)C)c(O)cc(C)c3C2=O)c1OC. The molecule has 2 aromatic carbocycles. The fourth-order valence-electron chi connectivity index (χ4n) is 3.27. The fraction of sp³-hybridized carbons (Fsp3) is 0.286. The Hall–Kier alpha value is -2.99. The van der Waals surface area contributed by atoms with Crippen molar-refractivity contribution in [3.63, 3.8) is 0 Å². The summed E-state index contributed by atoms with van der Waals surface area (Å²) in [6.45, 7) is 2.33. The van der Waals surface area contributed by atoms with E-state index in [0.717, 1.165) is 4.90 Å². The molecule has 0 amide bonds. The van der Waals surface area contributed by atoms with E-state index in [9.17, 15) is 9.90 Å². The second-order valence-electron chi connectivity index (χ2n) is 6.80. The first-order valence-electron chi connectivity index (χ1n) is 8.67. The highest BCUT2D eigenvalue weighted by Crippen LogP contribution is 2.42. The lowest BCUT2D eigenvalue weighted by molar-refractivity contribution is -0.872. The Balaban J connectivity index is 2.10. The molecule has 6 heteroatoms. The number of allylic oxidation sites excluding steroid dienone is 1. The topological polar surface area (TPSA) is 69.4 Å². The van der Waals surface area contributed by atoms with Crippen LogP contribution in [0.4, 0.5) is 0 Å². The number of ketones is 1. The number of methoxy groups -OCH3 is 2. The number of carbonyl (C=O) groups excluding carboxylic acids is 1. The van der Waals surface area contributed by atoms with Gasteiger partial charge in [-0.05, 0) is 30.7 Å². The lowest BCUT2D eigenvalue weighted by atomic mass is 9.99. The normalized spacial score (nSPS) is 14.4. The van der Waals surface area contributed by atoms with Crippen molar-refractivity contribution in [2.24, 2.45) is 0 Å². The molecular formula is C21H24NO5+. The molecule has 0 radical (unpaired) electrons. The molecule has 0 saturated heterocycles. The standard InChI is InChI=1S/C21H23NO5/c1-12-9-15(23)14(11-22(2)3)21-18(12)19(24)17(27-21)10-13-7-6-8-16(25-4)20(13)26-5/h6-10,23H,11H2,1-5H3/p+1/b17-10-. The zero-order valence-electron chi connectivity index (χ0n) is 16.2. The first kappa shape index (κ1) is 18.8. The molecule has 0 atom stereocenters. The molecule has 0 spiro atoms. The second-order valence-corrected chi connectivity index (χ2v) is 6.80. The van der Waals surface area contributed by atoms with Crippen LogP contribution in [0.25, 0.3) is 6.08 Å². The average Bonchev–Trinajstić information content (AvgIpc) is 2.95. The number of hydrogen-bond acceptors (Lipinski definition) is 5. The highest BCUT2D eigenvalue weighted by molar-refractivity contribution is 6.16. The van der Waals surface area contributed by atoms with Crippen molar-refractivity contribution in [2.45, 2.75) is 13.5 Å². The molecule has 142 valence electrons. The minimum absolute atomic E-state index is 0.139. The lowest BCUT2D eigenvalue weighted by Gasteiger charge is -2.13. The summed E-state index contributed by atoms with van der Waals surface area (Å²) < 4.78 is 16.7. The van der Waals surface area contributed by atoms with Gasteiger partial charge in [-0.15, -0.1) is 0 Å². The fourth-order valence-corrected chi connectivity index (χ4v) is 3.27. The number of fused-ring (bicyclic) bond motifs is 1. The minimum Gasteiger partial charge on any atom is -0.507 e. The second kappa shape index (κ2) is 7.32. The van der Waals surface area contributed by atoms with Gasteiger partial charge < -0.3 is 24.2 Å². The summed E-state index contributed by atoms with van der Waals surface area (Å²) in [6, 6.07) is 7.04. The van der Waals surface area contributed by atoms with Crippen LogP contribution in [0.15, 0.2) is 30.0 Å². The third-order valence-electron chi connectivity index (χ3n) is 4.47. The Morgan fingerprint density at radius 3 is 2.59 bits per heavy atom. The molecule has 6 nitrogen and oxygen atoms in total. The number of carbonyl (C=O) groups is 1. The van der Waals surface area contributed by atoms with Gasteiger partial charge in [-0.1, -0.05) is 12.1 Å². The zero-order chi connectivity index (χ0) is 19.7. The van der Waals surface area contributed by atoms with Gasteiger partial charge in [0.1, 0.15) is 12.3 Å². The summed E-state index contributed by atoms with van der Waals surface area (Å²) in [4.78, 5) is 14.1. The number of nitrogens with one attached hydrogen (secondary N) is 1. The number of phenols is 1. The van der Waals surface area contributed by atoms with Crippen molar-refractivity contribution in [1.82, 2.24) is 0 Å². The number of aromatic hydroxyl groups is 1. The Morgan fingerprint density at radius 2 is 1.96 bits per heavy atom. The predicted octanol–water partition coefficient (Wildman–Crippen LogP) is 1.98. The van der Waals surface area contributed by atoms with Gasteiger partial charge >= 0.3 is 0 Å². The van der Waals surface area contributed by atoms with E-state index in [0.29, 0.717) is 46.0 Å². The third kappa shape index (κ3) is 3.36. The number of para-hydroxylation sites is 1. The zero-order valence-corrected chi connectivity index (χ0v) is 16.2. The highest BCUT2D eigenvalue weighted by Gasteiger charge is 2.34. The van der Waals surface area contributed by atoms with Gasteiger partial charge in [-0.2, -0.15) is 0 Å². The van der Waals surface area contributed by atoms with Crippen molar-refractivity contribution in [2.75, 3.05) is 28.3 Å². The molecule has 2 N–H and O–H groups in total. The van der Waals surface area contributed by atoms with Gasteiger partial charge in [-0.25, -0.2) is 0 Å². The van der Waals surface area contributed by atoms with E-state index >= 15 is 0 Å². The van der Waals surface area contributed by atoms with Crippen LogP contribution in [0, 0.1) is 6.92 Å². The summed E-state index contributed by atoms with van der Waals surface area (Å²) >= 11 is 0. The van der Waals surface area contributed by atoms with Gasteiger partial charge in [0.25, 0.3) is 0 Å². The molecule has 0 unspecified atom stereocenters. The molecule has 2 aromatic rings. The van der Waals surface area contributed by atoms with E-state index in [1.165, 1.54) is 0 Å². The van der Waals surface area contributed by atoms with Crippen molar-refractivity contribution < 1.29 is 29.0 Å². The van der Waals surface area contributed by atoms with Crippen LogP contribution in [0.5, 0.6) is 23.0 Å². The first-order valence-corrected chi connectivity index (χ1v) is 8.67. The van der Waals surface area contributed by atoms with Crippen molar-refractivity contribution in [3.05, 3.63) is 52.3 Å². The van der Waals surface area contributed by atoms with Crippen molar-refractivity contribution in [1.29, 1.82) is 0 Å². The summed E-state index contributed by atoms with van der Waals surface area (Å²) in [5.74, 6) is 1.66. The van der Waals surface area contributed by atoms with Gasteiger partial charge in [0.05, 0.1) is 39.4 Å². The van der Waals surface area contributed by atoms with Gasteiger partial charge in [-0.3, -0.25) is 4.79 Å². The molecule has 0 saturated carbocycles. The first-order chi connectivity index (χ1) is 12.9. The third-order valence-corrected chi connectivity index (χ3v) is 4.47. The van der Waals surface area contributed by atoms with E-state index in [4.69, 9.17) is 14.2 Å². The number of Topliss-reactive ketones (excluding diaryl/α,β-unsaturated/α-hetero) is 1. The number of hydrogen-bond donors (Lipinski definition) is 2. The Bertz CT molecular complexity index is 931. The molecule has 0 aromatic heterocycles. The van der Waals surface area contributed by atoms with Crippen LogP contribution in [-0.2, 0) is 6.54 Å². The minimum atomic E-state index is -0.206. The van der Waals surface area contributed by atoms with E-state index in [2.05, 4.69) is 0 Å². The van der Waals surface area contributed by atoms with Gasteiger partial charge in [0.2, 0.25) is 5.78 Å². The predicted molar refractivity (Wildman–Crippen MR) is 102 cm³/mol. The monoisotopic (exact) mass is 370 g/mol. The van der Waals surface area contributed by atoms with E-state index in [1.54, 1.807) is 39.4 Å². The maximum Gasteiger partial charge on any atom is 0.232 e. The number of ether oxygens (including phenoxy) is 3. The number of aryl methyl sites for hydroxylation is 1. The van der Waals surface area contributed by atoms with Crippen LogP contribution in [-0.4, -0.2) is 39.2 Å². The average molecular weight is 370 g/mol. The summed E-state index contributed by atoms with van der Waals surface area (Å²) in [6.07, 6.45) is 1.65. The molecule has 1 aliphatic heterocycles. The molecule has 1 heterocycles. The lowest BCUT2D eigenvalue weighted by Crippen LogP contribution is -3.04. The molecule has 0 aliphatic carbocycles. The molecule has 1 aliphatic rings. The molecule has 0 bridgehead atoms. The maximum absolute atomic E-state index is 13.0. The Kier molecular flexibility index (Phi) is 5.10.